The summed E-state index contributed by atoms with van der Waals surface area (Å²) >= 11 is 5.67. The van der Waals surface area contributed by atoms with Crippen LogP contribution in [0.4, 0.5) is 0 Å². The number of aromatic hydroxyl groups is 1. The number of esters is 1. The molecule has 1 saturated carbocycles. The molecule has 0 unspecified atom stereocenters. The van der Waals surface area contributed by atoms with Gasteiger partial charge in [-0.3, -0.25) is 4.79 Å². The minimum Gasteiger partial charge on any atom is -0.507 e. The minimum atomic E-state index is -0.939. The van der Waals surface area contributed by atoms with Crippen molar-refractivity contribution in [1.29, 1.82) is 5.26 Å². The van der Waals surface area contributed by atoms with Crippen molar-refractivity contribution in [3.63, 3.8) is 0 Å². The second-order valence-electron chi connectivity index (χ2n) is 5.37. The van der Waals surface area contributed by atoms with E-state index in [-0.39, 0.29) is 22.3 Å². The summed E-state index contributed by atoms with van der Waals surface area (Å²) in [4.78, 5) is 23.6. The highest BCUT2D eigenvalue weighted by Crippen LogP contribution is 2.39. The molecule has 1 amide bonds. The molecule has 0 saturated heterocycles. The summed E-state index contributed by atoms with van der Waals surface area (Å²) in [7, 11) is 0. The summed E-state index contributed by atoms with van der Waals surface area (Å²) in [5.74, 6) is -1.58. The van der Waals surface area contributed by atoms with E-state index in [0.29, 0.717) is 0 Å². The molecule has 0 heterocycles. The lowest BCUT2D eigenvalue weighted by Gasteiger charge is -2.22. The van der Waals surface area contributed by atoms with Crippen molar-refractivity contribution in [3.8, 4) is 11.8 Å². The van der Waals surface area contributed by atoms with Crippen LogP contribution in [0.2, 0.25) is 5.02 Å². The summed E-state index contributed by atoms with van der Waals surface area (Å²) in [5, 5.41) is 21.6. The zero-order chi connectivity index (χ0) is 16.3. The van der Waals surface area contributed by atoms with Crippen molar-refractivity contribution < 1.29 is 19.4 Å². The first-order valence-corrected chi connectivity index (χ1v) is 7.11. The van der Waals surface area contributed by atoms with Crippen LogP contribution >= 0.6 is 11.6 Å². The van der Waals surface area contributed by atoms with Crippen LogP contribution in [0.1, 0.15) is 30.1 Å². The lowest BCUT2D eigenvalue weighted by Crippen LogP contribution is -2.48. The zero-order valence-corrected chi connectivity index (χ0v) is 12.7. The molecule has 0 bridgehead atoms. The number of nitriles is 1. The van der Waals surface area contributed by atoms with Crippen LogP contribution in [0.5, 0.6) is 5.75 Å². The largest absolute Gasteiger partial charge is 0.507 e. The number of hydrogen-bond donors (Lipinski definition) is 2. The Hall–Kier alpha value is -2.26. The Bertz CT molecular complexity index is 651. The van der Waals surface area contributed by atoms with Gasteiger partial charge in [0.2, 0.25) is 0 Å². The van der Waals surface area contributed by atoms with Crippen molar-refractivity contribution in [3.05, 3.63) is 28.8 Å². The fraction of sp³-hybridized carbons (Fsp3) is 0.400. The Kier molecular flexibility index (Phi) is 4.57. The average molecular weight is 323 g/mol. The standard InChI is InChI=1S/C15H15ClN2O4/c1-15(8-17,9-2-3-9)18-13(20)7-22-14(21)11-5-4-10(16)6-12(11)19/h4-6,9,19H,2-3,7H2,1H3,(H,18,20)/t15-/m0/s1. The molecule has 0 spiro atoms. The summed E-state index contributed by atoms with van der Waals surface area (Å²) < 4.78 is 4.84. The molecule has 1 aromatic carbocycles. The molecule has 0 radical (unpaired) electrons. The van der Waals surface area contributed by atoms with Crippen molar-refractivity contribution in [1.82, 2.24) is 5.32 Å². The Labute approximate surface area is 132 Å². The number of nitrogens with zero attached hydrogens (tertiary/aromatic N) is 1. The van der Waals surface area contributed by atoms with Crippen molar-refractivity contribution >= 4 is 23.5 Å². The van der Waals surface area contributed by atoms with E-state index < -0.39 is 24.0 Å². The average Bonchev–Trinajstić information content (AvgIpc) is 3.29. The first-order chi connectivity index (χ1) is 10.4. The smallest absolute Gasteiger partial charge is 0.342 e. The van der Waals surface area contributed by atoms with E-state index in [1.807, 2.05) is 0 Å². The van der Waals surface area contributed by atoms with E-state index >= 15 is 0 Å². The molecule has 1 atom stereocenters. The number of amides is 1. The Morgan fingerprint density at radius 3 is 2.77 bits per heavy atom. The monoisotopic (exact) mass is 322 g/mol. The van der Waals surface area contributed by atoms with Crippen LogP contribution in [-0.2, 0) is 9.53 Å². The fourth-order valence-corrected chi connectivity index (χ4v) is 2.26. The molecule has 2 rings (SSSR count). The summed E-state index contributed by atoms with van der Waals surface area (Å²) in [5.41, 5.74) is -1.02. The Balaban J connectivity index is 1.91. The van der Waals surface area contributed by atoms with E-state index in [2.05, 4.69) is 11.4 Å². The molecule has 0 aromatic heterocycles. The number of rotatable bonds is 5. The van der Waals surface area contributed by atoms with E-state index in [0.717, 1.165) is 12.8 Å². The highest BCUT2D eigenvalue weighted by Gasteiger charge is 2.43. The van der Waals surface area contributed by atoms with Gasteiger partial charge in [-0.2, -0.15) is 5.26 Å². The predicted octanol–water partition coefficient (Wildman–Crippen LogP) is 2.01. The first-order valence-electron chi connectivity index (χ1n) is 6.73. The molecule has 2 N–H and O–H groups in total. The molecule has 1 aliphatic carbocycles. The number of carbonyl (C=O) groups is 2. The molecule has 0 aliphatic heterocycles. The van der Waals surface area contributed by atoms with Gasteiger partial charge in [-0.05, 0) is 43.9 Å². The van der Waals surface area contributed by atoms with E-state index in [4.69, 9.17) is 21.6 Å². The number of ether oxygens (including phenoxy) is 1. The van der Waals surface area contributed by atoms with Gasteiger partial charge in [-0.1, -0.05) is 11.6 Å². The maximum absolute atomic E-state index is 11.8. The second kappa shape index (κ2) is 6.24. The van der Waals surface area contributed by atoms with Gasteiger partial charge in [0.1, 0.15) is 16.9 Å². The molecule has 6 nitrogen and oxygen atoms in total. The Morgan fingerprint density at radius 2 is 2.23 bits per heavy atom. The molecular formula is C15H15ClN2O4. The maximum Gasteiger partial charge on any atom is 0.342 e. The molecule has 7 heteroatoms. The highest BCUT2D eigenvalue weighted by molar-refractivity contribution is 6.30. The third kappa shape index (κ3) is 3.68. The minimum absolute atomic E-state index is 0.0811. The van der Waals surface area contributed by atoms with E-state index in [1.54, 1.807) is 6.92 Å². The molecule has 1 fully saturated rings. The molecule has 1 aromatic rings. The van der Waals surface area contributed by atoms with Crippen LogP contribution in [0, 0.1) is 17.2 Å². The molecular weight excluding hydrogens is 308 g/mol. The van der Waals surface area contributed by atoms with Gasteiger partial charge in [-0.15, -0.1) is 0 Å². The SMILES string of the molecule is C[C@@](C#N)(NC(=O)COC(=O)c1ccc(Cl)cc1O)C1CC1. The van der Waals surface area contributed by atoms with Crippen LogP contribution in [-0.4, -0.2) is 29.1 Å². The zero-order valence-electron chi connectivity index (χ0n) is 11.9. The van der Waals surface area contributed by atoms with E-state index in [1.165, 1.54) is 18.2 Å². The van der Waals surface area contributed by atoms with Gasteiger partial charge in [0.25, 0.3) is 5.91 Å². The summed E-state index contributed by atoms with van der Waals surface area (Å²) in [6.45, 7) is 1.13. The van der Waals surface area contributed by atoms with Crippen molar-refractivity contribution in [2.75, 3.05) is 6.61 Å². The van der Waals surface area contributed by atoms with Gasteiger partial charge in [-0.25, -0.2) is 4.79 Å². The third-order valence-corrected chi connectivity index (χ3v) is 3.77. The van der Waals surface area contributed by atoms with Crippen LogP contribution in [0.25, 0.3) is 0 Å². The van der Waals surface area contributed by atoms with Crippen LogP contribution in [0.15, 0.2) is 18.2 Å². The predicted molar refractivity (Wildman–Crippen MR) is 78.3 cm³/mol. The van der Waals surface area contributed by atoms with Crippen LogP contribution < -0.4 is 5.32 Å². The number of phenolic OH excluding ortho intramolecular Hbond substituents is 1. The number of benzene rings is 1. The number of nitrogens with one attached hydrogen (secondary N) is 1. The number of phenols is 1. The first kappa shape index (κ1) is 16.1. The number of carbonyl (C=O) groups excluding carboxylic acids is 2. The van der Waals surface area contributed by atoms with Gasteiger partial charge in [0.15, 0.2) is 6.61 Å². The lowest BCUT2D eigenvalue weighted by molar-refractivity contribution is -0.125. The molecule has 116 valence electrons. The highest BCUT2D eigenvalue weighted by atomic mass is 35.5. The van der Waals surface area contributed by atoms with Gasteiger partial charge in [0, 0.05) is 5.02 Å². The van der Waals surface area contributed by atoms with Crippen LogP contribution in [0.3, 0.4) is 0 Å². The number of halogens is 1. The lowest BCUT2D eigenvalue weighted by atomic mass is 9.98. The van der Waals surface area contributed by atoms with Crippen molar-refractivity contribution in [2.24, 2.45) is 5.92 Å². The summed E-state index contributed by atoms with van der Waals surface area (Å²) in [6.07, 6.45) is 1.78. The topological polar surface area (TPSA) is 99.4 Å². The van der Waals surface area contributed by atoms with Gasteiger partial charge in [0.05, 0.1) is 6.07 Å². The maximum atomic E-state index is 11.8. The summed E-state index contributed by atoms with van der Waals surface area (Å²) in [6, 6.07) is 6.02. The Morgan fingerprint density at radius 1 is 1.55 bits per heavy atom. The second-order valence-corrected chi connectivity index (χ2v) is 5.81. The quantitative estimate of drug-likeness (QED) is 0.808. The fourth-order valence-electron chi connectivity index (χ4n) is 2.09. The number of hydrogen-bond acceptors (Lipinski definition) is 5. The van der Waals surface area contributed by atoms with Gasteiger partial charge >= 0.3 is 5.97 Å². The van der Waals surface area contributed by atoms with Crippen molar-refractivity contribution in [2.45, 2.75) is 25.3 Å². The van der Waals surface area contributed by atoms with E-state index in [9.17, 15) is 14.7 Å². The normalized spacial score (nSPS) is 16.2. The molecule has 1 aliphatic rings. The molecule has 22 heavy (non-hydrogen) atoms. The van der Waals surface area contributed by atoms with Gasteiger partial charge < -0.3 is 15.2 Å². The third-order valence-electron chi connectivity index (χ3n) is 3.54.